The Labute approximate surface area is 83.7 Å². The molecule has 14 heavy (non-hydrogen) atoms. The summed E-state index contributed by atoms with van der Waals surface area (Å²) in [5, 5.41) is 3.05. The molecule has 1 aromatic rings. The van der Waals surface area contributed by atoms with Crippen molar-refractivity contribution in [1.82, 2.24) is 0 Å². The molecule has 1 atom stereocenters. The molecule has 0 aliphatic carbocycles. The first-order valence-electron chi connectivity index (χ1n) is 4.12. The lowest BCUT2D eigenvalue weighted by Crippen LogP contribution is -2.52. The fourth-order valence-electron chi connectivity index (χ4n) is 1.01. The van der Waals surface area contributed by atoms with E-state index in [-0.39, 0.29) is 4.90 Å². The quantitative estimate of drug-likeness (QED) is 0.565. The van der Waals surface area contributed by atoms with Crippen molar-refractivity contribution in [2.24, 2.45) is 0 Å². The van der Waals surface area contributed by atoms with Crippen LogP contribution in [0.15, 0.2) is 29.2 Å². The van der Waals surface area contributed by atoms with Crippen LogP contribution in [0.4, 0.5) is 5.69 Å². The van der Waals surface area contributed by atoms with Crippen molar-refractivity contribution in [2.45, 2.75) is 11.8 Å². The summed E-state index contributed by atoms with van der Waals surface area (Å²) in [7, 11) is -3.67. The first kappa shape index (κ1) is 11.1. The van der Waals surface area contributed by atoms with E-state index in [4.69, 9.17) is 0 Å². The summed E-state index contributed by atoms with van der Waals surface area (Å²) >= 11 is 0. The van der Waals surface area contributed by atoms with Crippen molar-refractivity contribution in [3.05, 3.63) is 24.3 Å². The SMILES string of the molecule is CCNc1ccc([S+]([O])(=O)O[NH3+])cc1. The van der Waals surface area contributed by atoms with E-state index in [9.17, 15) is 8.76 Å². The van der Waals surface area contributed by atoms with E-state index in [1.165, 1.54) is 12.1 Å². The molecule has 0 fully saturated rings. The molecule has 77 valence electrons. The van der Waals surface area contributed by atoms with Gasteiger partial charge in [0, 0.05) is 24.4 Å². The Morgan fingerprint density at radius 3 is 2.43 bits per heavy atom. The van der Waals surface area contributed by atoms with Gasteiger partial charge in [-0.25, -0.2) is 0 Å². The standard InChI is InChI=1S/C8H13N2O3S/c1-2-10-7-3-5-8(6-4-7)14(11,12)13-9/h3-6,10H,2H2,1,9H3/q+2. The smallest absolute Gasteiger partial charge is 0.385 e. The van der Waals surface area contributed by atoms with Crippen LogP contribution in [0.3, 0.4) is 0 Å². The average molecular weight is 217 g/mol. The summed E-state index contributed by atoms with van der Waals surface area (Å²) in [5.41, 5.74) is 0.871. The normalized spacial score (nSPS) is 14.8. The lowest BCUT2D eigenvalue weighted by Gasteiger charge is -2.01. The fourth-order valence-corrected chi connectivity index (χ4v) is 1.62. The van der Waals surface area contributed by atoms with Gasteiger partial charge in [0.2, 0.25) is 4.90 Å². The monoisotopic (exact) mass is 217 g/mol. The molecule has 0 saturated carbocycles. The van der Waals surface area contributed by atoms with Crippen LogP contribution in [0.25, 0.3) is 0 Å². The highest BCUT2D eigenvalue weighted by Crippen LogP contribution is 2.18. The maximum atomic E-state index is 11.2. The Balaban J connectivity index is 2.88. The summed E-state index contributed by atoms with van der Waals surface area (Å²) in [4.78, 5) is 0.106. The van der Waals surface area contributed by atoms with Crippen LogP contribution < -0.4 is 11.2 Å². The maximum absolute atomic E-state index is 11.2. The third-order valence-electron chi connectivity index (χ3n) is 1.68. The van der Waals surface area contributed by atoms with Crippen LogP contribution >= 0.6 is 0 Å². The van der Waals surface area contributed by atoms with E-state index >= 15 is 0 Å². The summed E-state index contributed by atoms with van der Waals surface area (Å²) in [6.45, 7) is 2.75. The molecule has 1 rings (SSSR count). The summed E-state index contributed by atoms with van der Waals surface area (Å²) in [6.07, 6.45) is 0. The highest BCUT2D eigenvalue weighted by molar-refractivity contribution is 7.92. The lowest BCUT2D eigenvalue weighted by molar-refractivity contribution is -0.637. The third-order valence-corrected chi connectivity index (χ3v) is 2.84. The third kappa shape index (κ3) is 2.52. The Morgan fingerprint density at radius 1 is 1.43 bits per heavy atom. The van der Waals surface area contributed by atoms with Crippen molar-refractivity contribution in [1.29, 1.82) is 0 Å². The predicted molar refractivity (Wildman–Crippen MR) is 51.6 cm³/mol. The van der Waals surface area contributed by atoms with Crippen LogP contribution in [-0.4, -0.2) is 6.54 Å². The number of anilines is 1. The van der Waals surface area contributed by atoms with Crippen molar-refractivity contribution in [3.8, 4) is 0 Å². The molecule has 5 nitrogen and oxygen atoms in total. The number of quaternary nitrogens is 1. The van der Waals surface area contributed by atoms with Crippen LogP contribution in [0, 0.1) is 0 Å². The topological polar surface area (TPSA) is 85.9 Å². The highest BCUT2D eigenvalue weighted by atomic mass is 32.3. The number of hydrogen-bond donors (Lipinski definition) is 2. The van der Waals surface area contributed by atoms with Gasteiger partial charge in [-0.15, -0.1) is 0 Å². The molecular formula is C8H13N2O3S+2. The Morgan fingerprint density at radius 2 is 2.00 bits per heavy atom. The number of benzene rings is 1. The van der Waals surface area contributed by atoms with Gasteiger partial charge in [-0.2, -0.15) is 5.90 Å². The molecule has 0 amide bonds. The second kappa shape index (κ2) is 4.52. The van der Waals surface area contributed by atoms with Crippen molar-refractivity contribution in [2.75, 3.05) is 11.9 Å². The molecular weight excluding hydrogens is 204 g/mol. The second-order valence-electron chi connectivity index (χ2n) is 2.63. The molecule has 4 N–H and O–H groups in total. The van der Waals surface area contributed by atoms with Gasteiger partial charge < -0.3 is 5.32 Å². The van der Waals surface area contributed by atoms with Gasteiger partial charge in [-0.05, 0) is 23.3 Å². The van der Waals surface area contributed by atoms with Crippen LogP contribution in [0.1, 0.15) is 6.92 Å². The largest absolute Gasteiger partial charge is 0.482 e. The summed E-state index contributed by atoms with van der Waals surface area (Å²) in [5.74, 6) is 2.89. The minimum absolute atomic E-state index is 0.106. The van der Waals surface area contributed by atoms with Gasteiger partial charge in [0.05, 0.1) is 8.84 Å². The van der Waals surface area contributed by atoms with Crippen molar-refractivity contribution < 1.29 is 18.9 Å². The zero-order valence-electron chi connectivity index (χ0n) is 7.86. The first-order valence-corrected chi connectivity index (χ1v) is 5.53. The molecule has 6 heteroatoms. The molecule has 1 radical (unpaired) electrons. The van der Waals surface area contributed by atoms with Crippen LogP contribution in [0.2, 0.25) is 0 Å². The Hall–Kier alpha value is -0.950. The minimum Gasteiger partial charge on any atom is -0.385 e. The maximum Gasteiger partial charge on any atom is 0.482 e. The van der Waals surface area contributed by atoms with E-state index in [2.05, 4.69) is 15.5 Å². The molecule has 0 spiro atoms. The van der Waals surface area contributed by atoms with Gasteiger partial charge in [0.15, 0.2) is 0 Å². The Bertz CT molecular complexity index is 339. The Kier molecular flexibility index (Phi) is 3.59. The molecule has 0 aliphatic heterocycles. The molecule has 1 unspecified atom stereocenters. The molecule has 0 aliphatic rings. The molecule has 1 aromatic carbocycles. The minimum atomic E-state index is -3.67. The zero-order chi connectivity index (χ0) is 10.6. The highest BCUT2D eigenvalue weighted by Gasteiger charge is 2.36. The molecule has 0 bridgehead atoms. The predicted octanol–water partition coefficient (Wildman–Crippen LogP) is 0.411. The summed E-state index contributed by atoms with van der Waals surface area (Å²) in [6, 6.07) is 6.29. The number of hydrogen-bond acceptors (Lipinski definition) is 3. The number of rotatable bonds is 4. The van der Waals surface area contributed by atoms with Crippen molar-refractivity contribution >= 4 is 16.2 Å². The van der Waals surface area contributed by atoms with Gasteiger partial charge in [-0.1, -0.05) is 0 Å². The van der Waals surface area contributed by atoms with E-state index in [0.29, 0.717) is 0 Å². The van der Waals surface area contributed by atoms with Gasteiger partial charge in [-0.3, -0.25) is 0 Å². The van der Waals surface area contributed by atoms with E-state index in [0.717, 1.165) is 12.2 Å². The van der Waals surface area contributed by atoms with Crippen LogP contribution in [-0.2, 0) is 23.5 Å². The summed E-state index contributed by atoms with van der Waals surface area (Å²) < 4.78 is 26.5. The molecule has 0 heterocycles. The van der Waals surface area contributed by atoms with Crippen LogP contribution in [0.5, 0.6) is 0 Å². The van der Waals surface area contributed by atoms with Crippen molar-refractivity contribution in [3.63, 3.8) is 0 Å². The first-order chi connectivity index (χ1) is 6.60. The average Bonchev–Trinajstić information content (AvgIpc) is 2.19. The zero-order valence-corrected chi connectivity index (χ0v) is 8.67. The van der Waals surface area contributed by atoms with E-state index in [1.54, 1.807) is 12.1 Å². The van der Waals surface area contributed by atoms with E-state index < -0.39 is 10.5 Å². The molecule has 0 aromatic heterocycles. The second-order valence-corrected chi connectivity index (χ2v) is 4.24. The van der Waals surface area contributed by atoms with Gasteiger partial charge in [0.1, 0.15) is 0 Å². The lowest BCUT2D eigenvalue weighted by atomic mass is 10.3. The fraction of sp³-hybridized carbons (Fsp3) is 0.250. The molecule has 0 saturated heterocycles. The van der Waals surface area contributed by atoms with Gasteiger partial charge >= 0.3 is 10.5 Å². The van der Waals surface area contributed by atoms with E-state index in [1.807, 2.05) is 6.92 Å². The number of nitrogens with one attached hydrogen (secondary N) is 1. The van der Waals surface area contributed by atoms with Gasteiger partial charge in [0.25, 0.3) is 0 Å².